The molecule has 5 nitrogen and oxygen atoms in total. The molecule has 0 spiro atoms. The number of nitrogens with zero attached hydrogens (tertiary/aromatic N) is 1. The molecule has 0 atom stereocenters. The lowest BCUT2D eigenvalue weighted by Crippen LogP contribution is -2.13. The van der Waals surface area contributed by atoms with E-state index < -0.39 is 0 Å². The number of benzene rings is 1. The third-order valence-electron chi connectivity index (χ3n) is 3.33. The summed E-state index contributed by atoms with van der Waals surface area (Å²) in [6, 6.07) is 3.87. The molecule has 6 heteroatoms. The number of aryl methyl sites for hydroxylation is 1. The Morgan fingerprint density at radius 3 is 2.90 bits per heavy atom. The van der Waals surface area contributed by atoms with E-state index in [0.717, 1.165) is 29.2 Å². The highest BCUT2D eigenvalue weighted by atomic mass is 35.5. The quantitative estimate of drug-likeness (QED) is 0.940. The molecule has 112 valence electrons. The number of ether oxygens (including phenoxy) is 2. The first kappa shape index (κ1) is 14.2. The van der Waals surface area contributed by atoms with Crippen LogP contribution in [0, 0.1) is 6.92 Å². The van der Waals surface area contributed by atoms with Crippen molar-refractivity contribution in [2.45, 2.75) is 26.4 Å². The molecule has 1 aromatic carbocycles. The van der Waals surface area contributed by atoms with Crippen LogP contribution in [0.25, 0.3) is 0 Å². The maximum Gasteiger partial charge on any atom is 0.181 e. The smallest absolute Gasteiger partial charge is 0.181 e. The van der Waals surface area contributed by atoms with Crippen molar-refractivity contribution < 1.29 is 13.9 Å². The van der Waals surface area contributed by atoms with Crippen LogP contribution in [0.15, 0.2) is 22.9 Å². The molecule has 0 unspecified atom stereocenters. The highest BCUT2D eigenvalue weighted by Gasteiger charge is 2.15. The number of hydrogen-bond acceptors (Lipinski definition) is 5. The molecular formula is C15H17ClN2O3. The normalized spacial score (nSPS) is 14.0. The fraction of sp³-hybridized carbons (Fsp3) is 0.400. The first-order valence-corrected chi connectivity index (χ1v) is 7.29. The van der Waals surface area contributed by atoms with Crippen LogP contribution in [-0.2, 0) is 13.1 Å². The van der Waals surface area contributed by atoms with Crippen molar-refractivity contribution in [3.05, 3.63) is 40.6 Å². The van der Waals surface area contributed by atoms with E-state index in [1.807, 2.05) is 19.1 Å². The standard InChI is InChI=1S/C15H17ClN2O3/c1-10-13(18-9-21-10)8-17-7-11-5-12(16)15-14(6-11)19-3-2-4-20-15/h5-6,9,17H,2-4,7-8H2,1H3. The molecular weight excluding hydrogens is 292 g/mol. The third kappa shape index (κ3) is 3.31. The van der Waals surface area contributed by atoms with Gasteiger partial charge in [-0.05, 0) is 24.6 Å². The number of rotatable bonds is 4. The first-order chi connectivity index (χ1) is 10.2. The van der Waals surface area contributed by atoms with E-state index in [1.54, 1.807) is 0 Å². The molecule has 0 aliphatic carbocycles. The van der Waals surface area contributed by atoms with E-state index in [0.29, 0.717) is 37.1 Å². The van der Waals surface area contributed by atoms with Crippen LogP contribution in [0.2, 0.25) is 5.02 Å². The Kier molecular flexibility index (Phi) is 4.31. The van der Waals surface area contributed by atoms with Gasteiger partial charge in [0.2, 0.25) is 0 Å². The SMILES string of the molecule is Cc1ocnc1CNCc1cc(Cl)c2c(c1)OCCCO2. The van der Waals surface area contributed by atoms with Crippen molar-refractivity contribution in [3.8, 4) is 11.5 Å². The Balaban J connectivity index is 1.67. The minimum Gasteiger partial charge on any atom is -0.489 e. The van der Waals surface area contributed by atoms with Crippen molar-refractivity contribution in [2.75, 3.05) is 13.2 Å². The second-order valence-corrected chi connectivity index (χ2v) is 5.32. The Hall–Kier alpha value is -1.72. The number of halogens is 1. The molecule has 2 aromatic rings. The Labute approximate surface area is 128 Å². The lowest BCUT2D eigenvalue weighted by molar-refractivity contribution is 0.297. The van der Waals surface area contributed by atoms with E-state index in [4.69, 9.17) is 25.5 Å². The Morgan fingerprint density at radius 1 is 1.24 bits per heavy atom. The van der Waals surface area contributed by atoms with Gasteiger partial charge in [-0.1, -0.05) is 11.6 Å². The van der Waals surface area contributed by atoms with Crippen LogP contribution in [0.3, 0.4) is 0 Å². The molecule has 0 amide bonds. The number of fused-ring (bicyclic) bond motifs is 1. The second-order valence-electron chi connectivity index (χ2n) is 4.91. The first-order valence-electron chi connectivity index (χ1n) is 6.92. The molecule has 1 aliphatic rings. The molecule has 0 fully saturated rings. The molecule has 0 saturated heterocycles. The Morgan fingerprint density at radius 2 is 2.10 bits per heavy atom. The summed E-state index contributed by atoms with van der Waals surface area (Å²) < 4.78 is 16.5. The van der Waals surface area contributed by atoms with Crippen LogP contribution in [0.1, 0.15) is 23.4 Å². The fourth-order valence-corrected chi connectivity index (χ4v) is 2.50. The molecule has 1 N–H and O–H groups in total. The van der Waals surface area contributed by atoms with Gasteiger partial charge in [0.25, 0.3) is 0 Å². The number of oxazole rings is 1. The van der Waals surface area contributed by atoms with Gasteiger partial charge in [-0.2, -0.15) is 0 Å². The topological polar surface area (TPSA) is 56.5 Å². The highest BCUT2D eigenvalue weighted by Crippen LogP contribution is 2.37. The molecule has 21 heavy (non-hydrogen) atoms. The fourth-order valence-electron chi connectivity index (χ4n) is 2.21. The lowest BCUT2D eigenvalue weighted by Gasteiger charge is -2.12. The van der Waals surface area contributed by atoms with Gasteiger partial charge in [-0.15, -0.1) is 0 Å². The summed E-state index contributed by atoms with van der Waals surface area (Å²) in [5.41, 5.74) is 1.96. The van der Waals surface area contributed by atoms with Crippen molar-refractivity contribution >= 4 is 11.6 Å². The number of aromatic nitrogens is 1. The van der Waals surface area contributed by atoms with Gasteiger partial charge in [0, 0.05) is 19.5 Å². The summed E-state index contributed by atoms with van der Waals surface area (Å²) in [5.74, 6) is 2.19. The van der Waals surface area contributed by atoms with Crippen molar-refractivity contribution in [1.82, 2.24) is 10.3 Å². The monoisotopic (exact) mass is 308 g/mol. The zero-order valence-corrected chi connectivity index (χ0v) is 12.6. The number of hydrogen-bond donors (Lipinski definition) is 1. The third-order valence-corrected chi connectivity index (χ3v) is 3.61. The van der Waals surface area contributed by atoms with Gasteiger partial charge in [0.15, 0.2) is 17.9 Å². The second kappa shape index (κ2) is 6.37. The van der Waals surface area contributed by atoms with Gasteiger partial charge < -0.3 is 19.2 Å². The molecule has 0 bridgehead atoms. The van der Waals surface area contributed by atoms with Crippen LogP contribution >= 0.6 is 11.6 Å². The summed E-state index contributed by atoms with van der Waals surface area (Å²) in [5, 5.41) is 3.90. The van der Waals surface area contributed by atoms with Gasteiger partial charge in [-0.25, -0.2) is 4.98 Å². The largest absolute Gasteiger partial charge is 0.489 e. The van der Waals surface area contributed by atoms with E-state index in [-0.39, 0.29) is 0 Å². The van der Waals surface area contributed by atoms with E-state index in [9.17, 15) is 0 Å². The average Bonchev–Trinajstić information content (AvgIpc) is 2.73. The predicted octanol–water partition coefficient (Wildman–Crippen LogP) is 3.09. The summed E-state index contributed by atoms with van der Waals surface area (Å²) in [4.78, 5) is 4.15. The molecule has 1 aliphatic heterocycles. The zero-order chi connectivity index (χ0) is 14.7. The van der Waals surface area contributed by atoms with Crippen LogP contribution < -0.4 is 14.8 Å². The maximum atomic E-state index is 6.26. The predicted molar refractivity (Wildman–Crippen MR) is 78.8 cm³/mol. The molecule has 0 radical (unpaired) electrons. The molecule has 1 aromatic heterocycles. The molecule has 0 saturated carbocycles. The number of nitrogens with one attached hydrogen (secondary N) is 1. The van der Waals surface area contributed by atoms with E-state index in [2.05, 4.69) is 10.3 Å². The van der Waals surface area contributed by atoms with Crippen LogP contribution in [0.5, 0.6) is 11.5 Å². The molecule has 2 heterocycles. The summed E-state index contributed by atoms with van der Waals surface area (Å²) in [6.45, 7) is 4.50. The van der Waals surface area contributed by atoms with Crippen molar-refractivity contribution in [1.29, 1.82) is 0 Å². The minimum absolute atomic E-state index is 0.587. The summed E-state index contributed by atoms with van der Waals surface area (Å²) in [7, 11) is 0. The van der Waals surface area contributed by atoms with Gasteiger partial charge >= 0.3 is 0 Å². The molecule has 3 rings (SSSR count). The van der Waals surface area contributed by atoms with Gasteiger partial charge in [0.05, 0.1) is 23.9 Å². The van der Waals surface area contributed by atoms with Gasteiger partial charge in [-0.3, -0.25) is 0 Å². The van der Waals surface area contributed by atoms with E-state index >= 15 is 0 Å². The highest BCUT2D eigenvalue weighted by molar-refractivity contribution is 6.32. The Bertz CT molecular complexity index is 627. The van der Waals surface area contributed by atoms with Crippen molar-refractivity contribution in [2.24, 2.45) is 0 Å². The van der Waals surface area contributed by atoms with Gasteiger partial charge in [0.1, 0.15) is 5.76 Å². The van der Waals surface area contributed by atoms with Crippen molar-refractivity contribution in [3.63, 3.8) is 0 Å². The zero-order valence-electron chi connectivity index (χ0n) is 11.8. The summed E-state index contributed by atoms with van der Waals surface area (Å²) >= 11 is 6.26. The van der Waals surface area contributed by atoms with Crippen LogP contribution in [0.4, 0.5) is 0 Å². The summed E-state index contributed by atoms with van der Waals surface area (Å²) in [6.07, 6.45) is 2.32. The van der Waals surface area contributed by atoms with E-state index in [1.165, 1.54) is 6.39 Å². The van der Waals surface area contributed by atoms with Crippen LogP contribution in [-0.4, -0.2) is 18.2 Å². The minimum atomic E-state index is 0.587. The average molecular weight is 309 g/mol. The maximum absolute atomic E-state index is 6.26. The lowest BCUT2D eigenvalue weighted by atomic mass is 10.2.